The van der Waals surface area contributed by atoms with E-state index in [0.717, 1.165) is 10.9 Å². The van der Waals surface area contributed by atoms with Gasteiger partial charge in [0.25, 0.3) is 0 Å². The Hall–Kier alpha value is -1.74. The van der Waals surface area contributed by atoms with Gasteiger partial charge >= 0.3 is 0 Å². The number of aromatic amines is 1. The fraction of sp³-hybridized carbons (Fsp3) is 0.0909. The lowest BCUT2D eigenvalue weighted by molar-refractivity contribution is 0.472. The molecule has 0 saturated heterocycles. The van der Waals surface area contributed by atoms with Gasteiger partial charge in [0.15, 0.2) is 0 Å². The van der Waals surface area contributed by atoms with Gasteiger partial charge in [-0.05, 0) is 12.1 Å². The van der Waals surface area contributed by atoms with Gasteiger partial charge in [0.05, 0.1) is 6.04 Å². The van der Waals surface area contributed by atoms with Crippen molar-refractivity contribution in [1.29, 1.82) is 0 Å². The molecule has 0 fully saturated rings. The van der Waals surface area contributed by atoms with Gasteiger partial charge < -0.3 is 15.8 Å². The predicted octanol–water partition coefficient (Wildman–Crippen LogP) is 2.06. The first-order valence-corrected chi connectivity index (χ1v) is 4.41. The summed E-state index contributed by atoms with van der Waals surface area (Å²) in [6.45, 7) is 3.60. The molecule has 0 radical (unpaired) electrons. The van der Waals surface area contributed by atoms with E-state index in [1.165, 1.54) is 0 Å². The summed E-state index contributed by atoms with van der Waals surface area (Å²) in [6.07, 6.45) is 3.39. The number of fused-ring (bicyclic) bond motifs is 1. The summed E-state index contributed by atoms with van der Waals surface area (Å²) in [5.74, 6) is 0.233. The van der Waals surface area contributed by atoms with Crippen molar-refractivity contribution in [3.05, 3.63) is 42.6 Å². The Labute approximate surface area is 81.9 Å². The Bertz CT molecular complexity index is 473. The molecule has 0 aliphatic heterocycles. The molecule has 0 aliphatic rings. The van der Waals surface area contributed by atoms with Crippen molar-refractivity contribution in [3.63, 3.8) is 0 Å². The van der Waals surface area contributed by atoms with E-state index in [-0.39, 0.29) is 11.8 Å². The van der Waals surface area contributed by atoms with Crippen LogP contribution in [-0.4, -0.2) is 10.1 Å². The smallest absolute Gasteiger partial charge is 0.130 e. The van der Waals surface area contributed by atoms with Crippen molar-refractivity contribution in [2.45, 2.75) is 6.04 Å². The van der Waals surface area contributed by atoms with Crippen LogP contribution in [0.1, 0.15) is 11.6 Å². The molecule has 3 nitrogen and oxygen atoms in total. The van der Waals surface area contributed by atoms with E-state index in [2.05, 4.69) is 11.6 Å². The van der Waals surface area contributed by atoms with Crippen molar-refractivity contribution in [1.82, 2.24) is 4.98 Å². The molecule has 2 aromatic rings. The first-order chi connectivity index (χ1) is 6.74. The molecule has 0 spiro atoms. The number of phenols is 1. The Kier molecular flexibility index (Phi) is 2.02. The second-order valence-electron chi connectivity index (χ2n) is 3.20. The number of benzene rings is 1. The highest BCUT2D eigenvalue weighted by Crippen LogP contribution is 2.31. The number of phenolic OH excluding ortho intramolecular Hbond substituents is 1. The van der Waals surface area contributed by atoms with Gasteiger partial charge in [-0.1, -0.05) is 12.1 Å². The second kappa shape index (κ2) is 3.20. The monoisotopic (exact) mass is 188 g/mol. The van der Waals surface area contributed by atoms with Gasteiger partial charge in [-0.3, -0.25) is 0 Å². The summed E-state index contributed by atoms with van der Waals surface area (Å²) in [7, 11) is 0. The number of aromatic nitrogens is 1. The highest BCUT2D eigenvalue weighted by Gasteiger charge is 2.10. The predicted molar refractivity (Wildman–Crippen MR) is 57.1 cm³/mol. The number of aromatic hydroxyl groups is 1. The third-order valence-corrected chi connectivity index (χ3v) is 2.35. The Morgan fingerprint density at radius 2 is 2.21 bits per heavy atom. The van der Waals surface area contributed by atoms with Gasteiger partial charge in [0, 0.05) is 22.7 Å². The third-order valence-electron chi connectivity index (χ3n) is 2.35. The standard InChI is InChI=1S/C11H12N2O/c1-2-9(12)7-3-4-10-8(11(7)14)5-6-13-10/h2-6,9,13-14H,1,12H2/t9-/m1/s1. The zero-order valence-electron chi connectivity index (χ0n) is 7.70. The minimum Gasteiger partial charge on any atom is -0.507 e. The molecule has 1 aromatic heterocycles. The lowest BCUT2D eigenvalue weighted by Crippen LogP contribution is -2.06. The van der Waals surface area contributed by atoms with Crippen molar-refractivity contribution in [2.75, 3.05) is 0 Å². The van der Waals surface area contributed by atoms with E-state index in [4.69, 9.17) is 5.73 Å². The lowest BCUT2D eigenvalue weighted by atomic mass is 10.0. The minimum absolute atomic E-state index is 0.233. The number of hydrogen-bond donors (Lipinski definition) is 3. The molecular weight excluding hydrogens is 176 g/mol. The van der Waals surface area contributed by atoms with Crippen LogP contribution in [0, 0.1) is 0 Å². The van der Waals surface area contributed by atoms with Gasteiger partial charge in [-0.25, -0.2) is 0 Å². The molecule has 0 amide bonds. The van der Waals surface area contributed by atoms with E-state index >= 15 is 0 Å². The van der Waals surface area contributed by atoms with Crippen molar-refractivity contribution in [2.24, 2.45) is 5.73 Å². The molecule has 4 N–H and O–H groups in total. The highest BCUT2D eigenvalue weighted by molar-refractivity contribution is 5.87. The van der Waals surface area contributed by atoms with E-state index in [1.54, 1.807) is 18.3 Å². The molecule has 3 heteroatoms. The fourth-order valence-electron chi connectivity index (χ4n) is 1.53. The Balaban J connectivity index is 2.67. The number of nitrogens with one attached hydrogen (secondary N) is 1. The van der Waals surface area contributed by atoms with E-state index in [9.17, 15) is 5.11 Å². The summed E-state index contributed by atoms with van der Waals surface area (Å²) in [4.78, 5) is 3.02. The van der Waals surface area contributed by atoms with Crippen LogP contribution in [0.5, 0.6) is 5.75 Å². The molecule has 72 valence electrons. The maximum atomic E-state index is 9.89. The average molecular weight is 188 g/mol. The Morgan fingerprint density at radius 1 is 1.43 bits per heavy atom. The van der Waals surface area contributed by atoms with Crippen molar-refractivity contribution in [3.8, 4) is 5.75 Å². The summed E-state index contributed by atoms with van der Waals surface area (Å²) < 4.78 is 0. The summed E-state index contributed by atoms with van der Waals surface area (Å²) >= 11 is 0. The number of H-pyrrole nitrogens is 1. The molecule has 0 bridgehead atoms. The third kappa shape index (κ3) is 1.18. The Morgan fingerprint density at radius 3 is 2.93 bits per heavy atom. The zero-order valence-corrected chi connectivity index (χ0v) is 7.70. The molecule has 14 heavy (non-hydrogen) atoms. The van der Waals surface area contributed by atoms with Crippen LogP contribution in [0.15, 0.2) is 37.1 Å². The van der Waals surface area contributed by atoms with Crippen LogP contribution in [-0.2, 0) is 0 Å². The maximum absolute atomic E-state index is 9.89. The first-order valence-electron chi connectivity index (χ1n) is 4.41. The summed E-state index contributed by atoms with van der Waals surface area (Å²) in [5.41, 5.74) is 7.37. The number of nitrogens with two attached hydrogens (primary N) is 1. The zero-order chi connectivity index (χ0) is 10.1. The highest BCUT2D eigenvalue weighted by atomic mass is 16.3. The molecular formula is C11H12N2O. The van der Waals surface area contributed by atoms with Crippen LogP contribution < -0.4 is 5.73 Å². The number of rotatable bonds is 2. The van der Waals surface area contributed by atoms with Gasteiger partial charge in [-0.15, -0.1) is 6.58 Å². The maximum Gasteiger partial charge on any atom is 0.130 e. The van der Waals surface area contributed by atoms with Crippen LogP contribution >= 0.6 is 0 Å². The van der Waals surface area contributed by atoms with E-state index in [0.29, 0.717) is 5.56 Å². The fourth-order valence-corrected chi connectivity index (χ4v) is 1.53. The van der Waals surface area contributed by atoms with Crippen LogP contribution in [0.4, 0.5) is 0 Å². The molecule has 1 heterocycles. The molecule has 0 saturated carbocycles. The van der Waals surface area contributed by atoms with Crippen molar-refractivity contribution >= 4 is 10.9 Å². The minimum atomic E-state index is -0.325. The van der Waals surface area contributed by atoms with Crippen molar-refractivity contribution < 1.29 is 5.11 Å². The summed E-state index contributed by atoms with van der Waals surface area (Å²) in [5, 5.41) is 10.7. The van der Waals surface area contributed by atoms with Gasteiger partial charge in [0.2, 0.25) is 0 Å². The molecule has 0 unspecified atom stereocenters. The average Bonchev–Trinajstić information content (AvgIpc) is 2.66. The van der Waals surface area contributed by atoms with Gasteiger partial charge in [-0.2, -0.15) is 0 Å². The lowest BCUT2D eigenvalue weighted by Gasteiger charge is -2.09. The van der Waals surface area contributed by atoms with Crippen LogP contribution in [0.3, 0.4) is 0 Å². The normalized spacial score (nSPS) is 12.9. The van der Waals surface area contributed by atoms with E-state index in [1.807, 2.05) is 12.1 Å². The first kappa shape index (κ1) is 8.84. The summed E-state index contributed by atoms with van der Waals surface area (Å²) in [6, 6.07) is 5.20. The van der Waals surface area contributed by atoms with Crippen LogP contribution in [0.25, 0.3) is 10.9 Å². The van der Waals surface area contributed by atoms with Gasteiger partial charge in [0.1, 0.15) is 5.75 Å². The second-order valence-corrected chi connectivity index (χ2v) is 3.20. The molecule has 1 aromatic carbocycles. The SMILES string of the molecule is C=C[C@@H](N)c1ccc2[nH]ccc2c1O. The topological polar surface area (TPSA) is 62.0 Å². The largest absolute Gasteiger partial charge is 0.507 e. The number of hydrogen-bond acceptors (Lipinski definition) is 2. The van der Waals surface area contributed by atoms with E-state index < -0.39 is 0 Å². The molecule has 2 rings (SSSR count). The molecule has 0 aliphatic carbocycles. The van der Waals surface area contributed by atoms with Crippen LogP contribution in [0.2, 0.25) is 0 Å². The molecule has 1 atom stereocenters. The quantitative estimate of drug-likeness (QED) is 0.632.